The van der Waals surface area contributed by atoms with Crippen molar-refractivity contribution in [2.45, 2.75) is 18.2 Å². The first-order valence-corrected chi connectivity index (χ1v) is 10.6. The van der Waals surface area contributed by atoms with Crippen LogP contribution >= 0.6 is 8.69 Å². The van der Waals surface area contributed by atoms with Crippen molar-refractivity contribution in [3.63, 3.8) is 0 Å². The highest BCUT2D eigenvalue weighted by Crippen LogP contribution is 2.41. The summed E-state index contributed by atoms with van der Waals surface area (Å²) in [6, 6.07) is 8.56. The van der Waals surface area contributed by atoms with Crippen molar-refractivity contribution in [2.24, 2.45) is 0 Å². The number of benzene rings is 1. The number of aliphatic hydroxyl groups is 1. The molecule has 0 radical (unpaired) electrons. The normalized spacial score (nSPS) is 24.1. The third kappa shape index (κ3) is 3.54. The van der Waals surface area contributed by atoms with Gasteiger partial charge in [-0.15, -0.1) is 0 Å². The Morgan fingerprint density at radius 3 is 2.75 bits per heavy atom. The molecule has 2 saturated heterocycles. The van der Waals surface area contributed by atoms with Gasteiger partial charge in [0.15, 0.2) is 6.10 Å². The molecule has 4 heterocycles. The minimum atomic E-state index is -0.615. The molecule has 1 aromatic heterocycles. The molecule has 0 spiro atoms. The second-order valence-corrected chi connectivity index (χ2v) is 7.83. The van der Waals surface area contributed by atoms with Crippen molar-refractivity contribution < 1.29 is 38.0 Å². The molecule has 2 amide bonds. The standard InChI is InChI=1S/C20H18N3O8P/c24-8-17-15-10-28-16-5-11(1-3-14(16)23(15)20(26)31-17)12-2-4-18(21-6-12)22-7-13(9-29-32-27)30-19(22)25/h1-6,13,15,17,24H,7-10H2/t13?,15-,17-/m0/s1. The van der Waals surface area contributed by atoms with Gasteiger partial charge in [-0.2, -0.15) is 0 Å². The Hall–Kier alpha value is -3.27. The molecule has 166 valence electrons. The maximum atomic E-state index is 12.2. The smallest absolute Gasteiger partial charge is 0.416 e. The first kappa shape index (κ1) is 20.6. The van der Waals surface area contributed by atoms with E-state index < -0.39 is 33.1 Å². The van der Waals surface area contributed by atoms with E-state index in [4.69, 9.17) is 18.7 Å². The molecule has 2 fully saturated rings. The number of hydrogen-bond acceptors (Lipinski definition) is 9. The van der Waals surface area contributed by atoms with E-state index in [9.17, 15) is 19.3 Å². The van der Waals surface area contributed by atoms with Crippen LogP contribution in [0.3, 0.4) is 0 Å². The van der Waals surface area contributed by atoms with Gasteiger partial charge in [-0.1, -0.05) is 6.07 Å². The number of pyridine rings is 1. The zero-order chi connectivity index (χ0) is 22.2. The van der Waals surface area contributed by atoms with Gasteiger partial charge in [0.2, 0.25) is 0 Å². The monoisotopic (exact) mass is 459 g/mol. The number of carbonyl (C=O) groups excluding carboxylic acids is 2. The van der Waals surface area contributed by atoms with Crippen LogP contribution in [0.25, 0.3) is 11.1 Å². The summed E-state index contributed by atoms with van der Waals surface area (Å²) in [7, 11) is -0.466. The summed E-state index contributed by atoms with van der Waals surface area (Å²) < 4.78 is 31.4. The number of nitrogens with zero attached hydrogens (tertiary/aromatic N) is 3. The van der Waals surface area contributed by atoms with Crippen LogP contribution in [-0.4, -0.2) is 66.9 Å². The molecular formula is C20H18N3O8P. The van der Waals surface area contributed by atoms with E-state index in [1.807, 2.05) is 12.1 Å². The molecule has 3 aliphatic rings. The largest absolute Gasteiger partial charge is 0.489 e. The quantitative estimate of drug-likeness (QED) is 0.648. The lowest BCUT2D eigenvalue weighted by molar-refractivity contribution is 0.0734. The van der Waals surface area contributed by atoms with E-state index in [0.717, 1.165) is 11.1 Å². The maximum Gasteiger partial charge on any atom is 0.416 e. The van der Waals surface area contributed by atoms with E-state index in [1.165, 1.54) is 9.80 Å². The van der Waals surface area contributed by atoms with Crippen molar-refractivity contribution in [3.05, 3.63) is 36.5 Å². The molecule has 11 nitrogen and oxygen atoms in total. The van der Waals surface area contributed by atoms with Crippen LogP contribution in [0.15, 0.2) is 36.5 Å². The number of fused-ring (bicyclic) bond motifs is 3. The fourth-order valence-corrected chi connectivity index (χ4v) is 4.22. The van der Waals surface area contributed by atoms with Gasteiger partial charge in [0.25, 0.3) is 0 Å². The summed E-state index contributed by atoms with van der Waals surface area (Å²) in [4.78, 5) is 31.6. The number of aromatic nitrogens is 1. The Bertz CT molecular complexity index is 1070. The summed E-state index contributed by atoms with van der Waals surface area (Å²) in [6.07, 6.45) is -0.558. The maximum absolute atomic E-state index is 12.2. The summed E-state index contributed by atoms with van der Waals surface area (Å²) >= 11 is 0. The molecule has 3 aliphatic heterocycles. The summed E-state index contributed by atoms with van der Waals surface area (Å²) in [6.45, 7) is 0.233. The van der Waals surface area contributed by atoms with E-state index in [2.05, 4.69) is 4.98 Å². The van der Waals surface area contributed by atoms with Gasteiger partial charge >= 0.3 is 20.9 Å². The van der Waals surface area contributed by atoms with E-state index in [0.29, 0.717) is 17.3 Å². The Morgan fingerprint density at radius 2 is 2.00 bits per heavy atom. The molecule has 1 N–H and O–H groups in total. The van der Waals surface area contributed by atoms with Gasteiger partial charge in [0, 0.05) is 11.8 Å². The first-order chi connectivity index (χ1) is 15.6. The summed E-state index contributed by atoms with van der Waals surface area (Å²) in [5.74, 6) is 0.954. The van der Waals surface area contributed by atoms with Crippen LogP contribution < -0.4 is 14.5 Å². The van der Waals surface area contributed by atoms with Gasteiger partial charge < -0.3 is 19.3 Å². The molecule has 32 heavy (non-hydrogen) atoms. The third-order valence-electron chi connectivity index (χ3n) is 5.56. The van der Waals surface area contributed by atoms with Crippen molar-refractivity contribution in [1.82, 2.24) is 4.98 Å². The molecule has 12 heteroatoms. The highest BCUT2D eigenvalue weighted by molar-refractivity contribution is 7.17. The van der Waals surface area contributed by atoms with E-state index in [1.54, 1.807) is 24.4 Å². The third-order valence-corrected chi connectivity index (χ3v) is 5.82. The zero-order valence-corrected chi connectivity index (χ0v) is 17.5. The first-order valence-electron chi connectivity index (χ1n) is 9.86. The lowest BCUT2D eigenvalue weighted by atomic mass is 10.0. The Labute approximate surface area is 183 Å². The number of aliphatic hydroxyl groups excluding tert-OH is 1. The molecule has 0 saturated carbocycles. The van der Waals surface area contributed by atoms with Gasteiger partial charge in [-0.05, 0) is 29.8 Å². The lowest BCUT2D eigenvalue weighted by Gasteiger charge is -2.31. The number of ether oxygens (including phenoxy) is 3. The highest BCUT2D eigenvalue weighted by Gasteiger charge is 2.46. The minimum Gasteiger partial charge on any atom is -0.489 e. The fourth-order valence-electron chi connectivity index (χ4n) is 3.99. The van der Waals surface area contributed by atoms with Crippen molar-refractivity contribution in [2.75, 3.05) is 36.2 Å². The number of rotatable bonds is 6. The van der Waals surface area contributed by atoms with Crippen molar-refractivity contribution in [1.29, 1.82) is 0 Å². The van der Waals surface area contributed by atoms with Crippen molar-refractivity contribution >= 4 is 32.4 Å². The average Bonchev–Trinajstić information content (AvgIpc) is 3.36. The number of anilines is 2. The van der Waals surface area contributed by atoms with E-state index >= 15 is 0 Å². The number of amides is 2. The van der Waals surface area contributed by atoms with Gasteiger partial charge in [0.05, 0.1) is 25.4 Å². The average molecular weight is 459 g/mol. The van der Waals surface area contributed by atoms with Gasteiger partial charge in [-0.25, -0.2) is 19.1 Å². The SMILES string of the molecule is O=POCC1CN(c2ccc(-c3ccc4c(c3)OC[C@H]3[C@H](CO)OC(=O)N43)cn2)C(=O)O1. The topological polar surface area (TPSA) is 128 Å². The molecule has 1 aromatic carbocycles. The van der Waals surface area contributed by atoms with E-state index in [-0.39, 0.29) is 32.4 Å². The second-order valence-electron chi connectivity index (χ2n) is 7.43. The highest BCUT2D eigenvalue weighted by atomic mass is 31.1. The van der Waals surface area contributed by atoms with Crippen LogP contribution in [0.4, 0.5) is 21.1 Å². The summed E-state index contributed by atoms with van der Waals surface area (Å²) in [5, 5.41) is 9.42. The van der Waals surface area contributed by atoms with Crippen LogP contribution in [0.2, 0.25) is 0 Å². The molecule has 0 bridgehead atoms. The molecule has 1 unspecified atom stereocenters. The van der Waals surface area contributed by atoms with Crippen LogP contribution in [0, 0.1) is 0 Å². The number of hydrogen-bond donors (Lipinski definition) is 1. The van der Waals surface area contributed by atoms with Crippen LogP contribution in [0.5, 0.6) is 5.75 Å². The van der Waals surface area contributed by atoms with Crippen molar-refractivity contribution in [3.8, 4) is 16.9 Å². The number of cyclic esters (lactones) is 2. The predicted molar refractivity (Wildman–Crippen MR) is 110 cm³/mol. The minimum absolute atomic E-state index is 0.0327. The molecule has 5 rings (SSSR count). The molecular weight excluding hydrogens is 441 g/mol. The predicted octanol–water partition coefficient (Wildman–Crippen LogP) is 2.38. The van der Waals surface area contributed by atoms with Crippen LogP contribution in [0.1, 0.15) is 0 Å². The fraction of sp³-hybridized carbons (Fsp3) is 0.350. The molecule has 0 aliphatic carbocycles. The second kappa shape index (κ2) is 8.34. The van der Waals surface area contributed by atoms with Gasteiger partial charge in [-0.3, -0.25) is 14.3 Å². The Kier molecular flexibility index (Phi) is 5.38. The Balaban J connectivity index is 1.34. The van der Waals surface area contributed by atoms with Gasteiger partial charge in [0.1, 0.15) is 30.3 Å². The molecule has 2 aromatic rings. The zero-order valence-electron chi connectivity index (χ0n) is 16.6. The summed E-state index contributed by atoms with van der Waals surface area (Å²) in [5.41, 5.74) is 2.19. The van der Waals surface area contributed by atoms with Crippen LogP contribution in [-0.2, 0) is 18.6 Å². The lowest BCUT2D eigenvalue weighted by Crippen LogP contribution is -2.45. The molecule has 3 atom stereocenters. The Morgan fingerprint density at radius 1 is 1.16 bits per heavy atom. The number of carbonyl (C=O) groups is 2.